The van der Waals surface area contributed by atoms with E-state index < -0.39 is 0 Å². The van der Waals surface area contributed by atoms with Crippen molar-refractivity contribution in [3.8, 4) is 5.75 Å². The van der Waals surface area contributed by atoms with Gasteiger partial charge in [-0.05, 0) is 36.4 Å². The summed E-state index contributed by atoms with van der Waals surface area (Å²) in [6.07, 6.45) is 1.76. The van der Waals surface area contributed by atoms with Crippen LogP contribution in [0.2, 0.25) is 0 Å². The molecule has 3 N–H and O–H groups in total. The molecule has 0 aliphatic rings. The van der Waals surface area contributed by atoms with Crippen LogP contribution in [0, 0.1) is 0 Å². The molecular weight excluding hydrogens is 250 g/mol. The second kappa shape index (κ2) is 5.09. The summed E-state index contributed by atoms with van der Waals surface area (Å²) in [7, 11) is 1.65. The van der Waals surface area contributed by atoms with Crippen LogP contribution < -0.4 is 15.8 Å². The van der Waals surface area contributed by atoms with Crippen molar-refractivity contribution in [2.24, 2.45) is 0 Å². The molecule has 0 saturated carbocycles. The molecular formula is C16H15N3O. The molecule has 3 aromatic rings. The zero-order chi connectivity index (χ0) is 13.9. The van der Waals surface area contributed by atoms with E-state index in [1.807, 2.05) is 48.5 Å². The first-order valence-corrected chi connectivity index (χ1v) is 6.33. The van der Waals surface area contributed by atoms with Crippen molar-refractivity contribution in [3.05, 3.63) is 54.7 Å². The molecule has 0 aliphatic heterocycles. The lowest BCUT2D eigenvalue weighted by Crippen LogP contribution is -1.97. The van der Waals surface area contributed by atoms with Crippen molar-refractivity contribution in [1.29, 1.82) is 0 Å². The van der Waals surface area contributed by atoms with E-state index in [1.165, 1.54) is 0 Å². The van der Waals surface area contributed by atoms with Gasteiger partial charge in [0.15, 0.2) is 0 Å². The van der Waals surface area contributed by atoms with E-state index in [0.29, 0.717) is 0 Å². The third-order valence-electron chi connectivity index (χ3n) is 3.18. The number of nitrogen functional groups attached to an aromatic ring is 1. The second-order valence-corrected chi connectivity index (χ2v) is 4.43. The number of pyridine rings is 1. The van der Waals surface area contributed by atoms with Gasteiger partial charge in [0.1, 0.15) is 5.75 Å². The topological polar surface area (TPSA) is 60.2 Å². The number of para-hydroxylation sites is 2. The summed E-state index contributed by atoms with van der Waals surface area (Å²) in [5.74, 6) is 0.786. The van der Waals surface area contributed by atoms with Gasteiger partial charge in [0.05, 0.1) is 24.0 Å². The number of nitrogens with two attached hydrogens (primary N) is 1. The van der Waals surface area contributed by atoms with Crippen LogP contribution in [0.15, 0.2) is 54.7 Å². The van der Waals surface area contributed by atoms with E-state index >= 15 is 0 Å². The average Bonchev–Trinajstić information content (AvgIpc) is 2.51. The van der Waals surface area contributed by atoms with Crippen molar-refractivity contribution in [1.82, 2.24) is 4.98 Å². The summed E-state index contributed by atoms with van der Waals surface area (Å²) in [4.78, 5) is 4.41. The minimum Gasteiger partial charge on any atom is -0.495 e. The van der Waals surface area contributed by atoms with Crippen molar-refractivity contribution in [2.45, 2.75) is 0 Å². The normalized spacial score (nSPS) is 10.4. The Kier molecular flexibility index (Phi) is 3.13. The summed E-state index contributed by atoms with van der Waals surface area (Å²) in [6.45, 7) is 0. The van der Waals surface area contributed by atoms with Crippen molar-refractivity contribution in [2.75, 3.05) is 18.2 Å². The third-order valence-corrected chi connectivity index (χ3v) is 3.18. The van der Waals surface area contributed by atoms with Crippen LogP contribution in [-0.2, 0) is 0 Å². The monoisotopic (exact) mass is 265 g/mol. The maximum atomic E-state index is 5.98. The van der Waals surface area contributed by atoms with Crippen LogP contribution in [0.4, 0.5) is 17.1 Å². The highest BCUT2D eigenvalue weighted by Gasteiger charge is 2.07. The van der Waals surface area contributed by atoms with E-state index in [2.05, 4.69) is 10.3 Å². The van der Waals surface area contributed by atoms with E-state index in [1.54, 1.807) is 13.3 Å². The third kappa shape index (κ3) is 2.12. The molecule has 20 heavy (non-hydrogen) atoms. The van der Waals surface area contributed by atoms with E-state index in [9.17, 15) is 0 Å². The average molecular weight is 265 g/mol. The molecule has 0 unspecified atom stereocenters. The largest absolute Gasteiger partial charge is 0.495 e. The number of fused-ring (bicyclic) bond motifs is 1. The van der Waals surface area contributed by atoms with E-state index in [-0.39, 0.29) is 0 Å². The summed E-state index contributed by atoms with van der Waals surface area (Å²) in [6, 6.07) is 15.4. The van der Waals surface area contributed by atoms with Gasteiger partial charge in [-0.3, -0.25) is 4.98 Å². The number of ether oxygens (including phenoxy) is 1. The number of benzene rings is 2. The second-order valence-electron chi connectivity index (χ2n) is 4.43. The first kappa shape index (κ1) is 12.3. The van der Waals surface area contributed by atoms with E-state index in [4.69, 9.17) is 10.5 Å². The number of nitrogens with zero attached hydrogens (tertiary/aromatic N) is 1. The van der Waals surface area contributed by atoms with Crippen LogP contribution in [-0.4, -0.2) is 12.1 Å². The summed E-state index contributed by atoms with van der Waals surface area (Å²) >= 11 is 0. The molecule has 0 amide bonds. The lowest BCUT2D eigenvalue weighted by molar-refractivity contribution is 0.417. The summed E-state index contributed by atoms with van der Waals surface area (Å²) < 4.78 is 5.35. The SMILES string of the molecule is COc1ccccc1Nc1ccc(N)c2cccnc12. The first-order chi connectivity index (χ1) is 9.79. The Bertz CT molecular complexity index is 756. The molecule has 100 valence electrons. The number of nitrogens with one attached hydrogen (secondary N) is 1. The number of aromatic nitrogens is 1. The molecule has 0 spiro atoms. The fraction of sp³-hybridized carbons (Fsp3) is 0.0625. The van der Waals surface area contributed by atoms with E-state index in [0.717, 1.165) is 33.7 Å². The number of hydrogen-bond donors (Lipinski definition) is 2. The quantitative estimate of drug-likeness (QED) is 0.711. The molecule has 0 bridgehead atoms. The summed E-state index contributed by atoms with van der Waals surface area (Å²) in [5.41, 5.74) is 9.35. The fourth-order valence-electron chi connectivity index (χ4n) is 2.19. The molecule has 0 fully saturated rings. The molecule has 4 nitrogen and oxygen atoms in total. The Balaban J connectivity index is 2.09. The lowest BCUT2D eigenvalue weighted by Gasteiger charge is -2.13. The zero-order valence-electron chi connectivity index (χ0n) is 11.1. The van der Waals surface area contributed by atoms with Crippen LogP contribution in [0.3, 0.4) is 0 Å². The standard InChI is InChI=1S/C16H15N3O/c1-20-15-7-3-2-6-13(15)19-14-9-8-12(17)11-5-4-10-18-16(11)14/h2-10,19H,17H2,1H3. The summed E-state index contributed by atoms with van der Waals surface area (Å²) in [5, 5.41) is 4.29. The molecule has 2 aromatic carbocycles. The predicted molar refractivity (Wildman–Crippen MR) is 82.4 cm³/mol. The molecule has 0 aliphatic carbocycles. The van der Waals surface area contributed by atoms with Gasteiger partial charge >= 0.3 is 0 Å². The minimum atomic E-state index is 0.721. The highest BCUT2D eigenvalue weighted by molar-refractivity contribution is 5.99. The van der Waals surface area contributed by atoms with Crippen LogP contribution in [0.25, 0.3) is 10.9 Å². The van der Waals surface area contributed by atoms with Gasteiger partial charge in [0.25, 0.3) is 0 Å². The fourth-order valence-corrected chi connectivity index (χ4v) is 2.19. The maximum absolute atomic E-state index is 5.98. The zero-order valence-corrected chi connectivity index (χ0v) is 11.1. The molecule has 0 radical (unpaired) electrons. The smallest absolute Gasteiger partial charge is 0.142 e. The van der Waals surface area contributed by atoms with Crippen molar-refractivity contribution >= 4 is 28.0 Å². The van der Waals surface area contributed by atoms with Gasteiger partial charge < -0.3 is 15.8 Å². The Morgan fingerprint density at radius 1 is 1.00 bits per heavy atom. The molecule has 3 rings (SSSR count). The Hall–Kier alpha value is -2.75. The minimum absolute atomic E-state index is 0.721. The van der Waals surface area contributed by atoms with Gasteiger partial charge in [0, 0.05) is 17.3 Å². The first-order valence-electron chi connectivity index (χ1n) is 6.33. The van der Waals surface area contributed by atoms with Crippen molar-refractivity contribution < 1.29 is 4.74 Å². The van der Waals surface area contributed by atoms with Gasteiger partial charge in [-0.15, -0.1) is 0 Å². The molecule has 1 heterocycles. The molecule has 4 heteroatoms. The maximum Gasteiger partial charge on any atom is 0.142 e. The van der Waals surface area contributed by atoms with Gasteiger partial charge in [-0.1, -0.05) is 12.1 Å². The van der Waals surface area contributed by atoms with Crippen LogP contribution in [0.5, 0.6) is 5.75 Å². The van der Waals surface area contributed by atoms with Gasteiger partial charge in [0.2, 0.25) is 0 Å². The van der Waals surface area contributed by atoms with Crippen molar-refractivity contribution in [3.63, 3.8) is 0 Å². The predicted octanol–water partition coefficient (Wildman–Crippen LogP) is 3.57. The van der Waals surface area contributed by atoms with Crippen LogP contribution in [0.1, 0.15) is 0 Å². The number of anilines is 3. The highest BCUT2D eigenvalue weighted by Crippen LogP contribution is 2.32. The number of methoxy groups -OCH3 is 1. The Morgan fingerprint density at radius 3 is 2.70 bits per heavy atom. The van der Waals surface area contributed by atoms with Crippen LogP contribution >= 0.6 is 0 Å². The lowest BCUT2D eigenvalue weighted by atomic mass is 10.1. The number of hydrogen-bond acceptors (Lipinski definition) is 4. The highest BCUT2D eigenvalue weighted by atomic mass is 16.5. The number of rotatable bonds is 3. The molecule has 0 atom stereocenters. The van der Waals surface area contributed by atoms with Gasteiger partial charge in [-0.25, -0.2) is 0 Å². The Labute approximate surface area is 117 Å². The molecule has 1 aromatic heterocycles. The molecule has 0 saturated heterocycles. The van der Waals surface area contributed by atoms with Gasteiger partial charge in [-0.2, -0.15) is 0 Å². The Morgan fingerprint density at radius 2 is 1.85 bits per heavy atom.